The molecule has 0 aromatic rings. The fraction of sp³-hybridized carbons (Fsp3) is 0.857. The van der Waals surface area contributed by atoms with Crippen LogP contribution in [0.15, 0.2) is 11.6 Å². The largest absolute Gasteiger partial charge is 0.344 e. The lowest BCUT2D eigenvalue weighted by molar-refractivity contribution is -0.171. The molecule has 5 atom stereocenters. The minimum absolute atomic E-state index is 0.256. The van der Waals surface area contributed by atoms with Gasteiger partial charge in [0.1, 0.15) is 0 Å². The van der Waals surface area contributed by atoms with Crippen molar-refractivity contribution in [3.8, 4) is 0 Å². The number of fused-ring (bicyclic) bond motifs is 1. The Bertz CT molecular complexity index is 495. The Kier molecular flexibility index (Phi) is 5.51. The van der Waals surface area contributed by atoms with Gasteiger partial charge in [-0.25, -0.2) is 0 Å². The van der Waals surface area contributed by atoms with Gasteiger partial charge in [0, 0.05) is 12.8 Å². The predicted octanol–water partition coefficient (Wildman–Crippen LogP) is 5.04. The first-order valence-corrected chi connectivity index (χ1v) is 9.96. The molecule has 0 amide bonds. The van der Waals surface area contributed by atoms with Gasteiger partial charge in [-0.3, -0.25) is 4.79 Å². The maximum absolute atomic E-state index is 11.5. The highest BCUT2D eigenvalue weighted by Gasteiger charge is 2.51. The van der Waals surface area contributed by atoms with Crippen molar-refractivity contribution >= 4 is 5.78 Å². The normalized spacial score (nSPS) is 39.9. The molecular weight excluding hydrogens is 300 g/mol. The molecule has 1 aliphatic heterocycles. The highest BCUT2D eigenvalue weighted by atomic mass is 16.8. The molecule has 3 rings (SSSR count). The molecule has 1 saturated heterocycles. The predicted molar refractivity (Wildman–Crippen MR) is 95.7 cm³/mol. The molecule has 0 spiro atoms. The molecule has 3 heteroatoms. The Morgan fingerprint density at radius 3 is 2.67 bits per heavy atom. The van der Waals surface area contributed by atoms with Crippen molar-refractivity contribution in [1.29, 1.82) is 0 Å². The summed E-state index contributed by atoms with van der Waals surface area (Å²) in [5, 5.41) is 0. The van der Waals surface area contributed by atoms with Gasteiger partial charge in [-0.05, 0) is 69.3 Å². The number of rotatable bonds is 5. The fourth-order valence-corrected chi connectivity index (χ4v) is 4.82. The standard InChI is InChI=1S/C21H34O3/c1-14(2)18-11-10-15(3)19-20(18)24-21(4,23-19)12-6-8-16-7-5-9-17(22)13-16/h13-15,18-20H,5-12H2,1-4H3/t15-,18+,19+,20-,21?/m1/s1. The minimum Gasteiger partial charge on any atom is -0.344 e. The van der Waals surface area contributed by atoms with Crippen LogP contribution in [0.2, 0.25) is 0 Å². The molecule has 1 unspecified atom stereocenters. The lowest BCUT2D eigenvalue weighted by Crippen LogP contribution is -2.42. The van der Waals surface area contributed by atoms with Crippen molar-refractivity contribution in [2.75, 3.05) is 0 Å². The van der Waals surface area contributed by atoms with E-state index in [1.165, 1.54) is 18.4 Å². The van der Waals surface area contributed by atoms with Crippen molar-refractivity contribution in [2.24, 2.45) is 17.8 Å². The van der Waals surface area contributed by atoms with Gasteiger partial charge in [0.15, 0.2) is 11.6 Å². The number of hydrogen-bond donors (Lipinski definition) is 0. The quantitative estimate of drug-likeness (QED) is 0.706. The van der Waals surface area contributed by atoms with Crippen LogP contribution in [0.5, 0.6) is 0 Å². The molecule has 3 aliphatic rings. The molecule has 1 saturated carbocycles. The summed E-state index contributed by atoms with van der Waals surface area (Å²) in [4.78, 5) is 11.5. The summed E-state index contributed by atoms with van der Waals surface area (Å²) < 4.78 is 12.9. The van der Waals surface area contributed by atoms with Crippen LogP contribution in [0, 0.1) is 17.8 Å². The maximum atomic E-state index is 11.5. The number of carbonyl (C=O) groups excluding carboxylic acids is 1. The SMILES string of the molecule is CC(C)[C@@H]1CC[C@@H](C)[C@@H]2OC(C)(CCCC3=CC(=O)CCC3)O[C@@H]21. The van der Waals surface area contributed by atoms with E-state index in [1.54, 1.807) is 0 Å². The zero-order valence-electron chi connectivity index (χ0n) is 15.8. The van der Waals surface area contributed by atoms with Crippen molar-refractivity contribution < 1.29 is 14.3 Å². The van der Waals surface area contributed by atoms with E-state index >= 15 is 0 Å². The van der Waals surface area contributed by atoms with Crippen molar-refractivity contribution in [3.05, 3.63) is 11.6 Å². The zero-order chi connectivity index (χ0) is 17.3. The number of allylic oxidation sites excluding steroid dienone is 2. The smallest absolute Gasteiger partial charge is 0.166 e. The average molecular weight is 335 g/mol. The first kappa shape index (κ1) is 18.1. The number of ketones is 1. The molecule has 136 valence electrons. The molecular formula is C21H34O3. The molecule has 24 heavy (non-hydrogen) atoms. The maximum Gasteiger partial charge on any atom is 0.166 e. The van der Waals surface area contributed by atoms with E-state index < -0.39 is 5.79 Å². The van der Waals surface area contributed by atoms with E-state index in [4.69, 9.17) is 9.47 Å². The zero-order valence-corrected chi connectivity index (χ0v) is 15.8. The topological polar surface area (TPSA) is 35.5 Å². The number of hydrogen-bond acceptors (Lipinski definition) is 3. The molecule has 3 nitrogen and oxygen atoms in total. The third-order valence-electron chi connectivity index (χ3n) is 6.30. The Morgan fingerprint density at radius 1 is 1.21 bits per heavy atom. The molecule has 0 N–H and O–H groups in total. The summed E-state index contributed by atoms with van der Waals surface area (Å²) in [7, 11) is 0. The minimum atomic E-state index is -0.444. The number of ether oxygens (including phenoxy) is 2. The van der Waals surface area contributed by atoms with Crippen LogP contribution in [0.1, 0.15) is 79.1 Å². The van der Waals surface area contributed by atoms with Crippen molar-refractivity contribution in [1.82, 2.24) is 0 Å². The molecule has 0 aromatic carbocycles. The summed E-state index contributed by atoms with van der Waals surface area (Å²) in [6, 6.07) is 0. The highest BCUT2D eigenvalue weighted by Crippen LogP contribution is 2.46. The second-order valence-corrected chi connectivity index (χ2v) is 8.74. The Labute approximate surface area is 147 Å². The first-order valence-electron chi connectivity index (χ1n) is 9.96. The van der Waals surface area contributed by atoms with E-state index in [0.29, 0.717) is 23.5 Å². The van der Waals surface area contributed by atoms with Gasteiger partial charge in [0.25, 0.3) is 0 Å². The van der Waals surface area contributed by atoms with E-state index in [0.717, 1.165) is 38.5 Å². The van der Waals surface area contributed by atoms with Crippen LogP contribution in [-0.4, -0.2) is 23.8 Å². The monoisotopic (exact) mass is 334 g/mol. The summed E-state index contributed by atoms with van der Waals surface area (Å²) in [6.45, 7) is 9.05. The fourth-order valence-electron chi connectivity index (χ4n) is 4.82. The van der Waals surface area contributed by atoms with Crippen molar-refractivity contribution in [2.45, 2.75) is 97.1 Å². The third kappa shape index (κ3) is 3.94. The lowest BCUT2D eigenvalue weighted by atomic mass is 9.74. The second kappa shape index (κ2) is 7.29. The van der Waals surface area contributed by atoms with Crippen LogP contribution in [0.3, 0.4) is 0 Å². The van der Waals surface area contributed by atoms with Gasteiger partial charge < -0.3 is 9.47 Å². The summed E-state index contributed by atoms with van der Waals surface area (Å²) >= 11 is 0. The van der Waals surface area contributed by atoms with E-state index in [-0.39, 0.29) is 12.2 Å². The Balaban J connectivity index is 1.57. The first-order chi connectivity index (χ1) is 11.4. The number of carbonyl (C=O) groups is 1. The van der Waals surface area contributed by atoms with Crippen LogP contribution in [0.25, 0.3) is 0 Å². The van der Waals surface area contributed by atoms with Gasteiger partial charge in [-0.15, -0.1) is 0 Å². The third-order valence-corrected chi connectivity index (χ3v) is 6.30. The lowest BCUT2D eigenvalue weighted by Gasteiger charge is -2.37. The van der Waals surface area contributed by atoms with Crippen molar-refractivity contribution in [3.63, 3.8) is 0 Å². The highest BCUT2D eigenvalue weighted by molar-refractivity contribution is 5.91. The Hall–Kier alpha value is -0.670. The molecule has 1 heterocycles. The van der Waals surface area contributed by atoms with E-state index in [2.05, 4.69) is 27.7 Å². The van der Waals surface area contributed by atoms with E-state index in [9.17, 15) is 4.79 Å². The molecule has 0 radical (unpaired) electrons. The summed E-state index contributed by atoms with van der Waals surface area (Å²) in [5.41, 5.74) is 1.32. The van der Waals surface area contributed by atoms with Gasteiger partial charge in [0.05, 0.1) is 12.2 Å². The van der Waals surface area contributed by atoms with Gasteiger partial charge in [-0.2, -0.15) is 0 Å². The molecule has 2 aliphatic carbocycles. The molecule has 2 fully saturated rings. The van der Waals surface area contributed by atoms with Gasteiger partial charge in [-0.1, -0.05) is 26.3 Å². The van der Waals surface area contributed by atoms with E-state index in [1.807, 2.05) is 6.08 Å². The molecule has 0 aromatic heterocycles. The van der Waals surface area contributed by atoms with Crippen LogP contribution in [-0.2, 0) is 14.3 Å². The van der Waals surface area contributed by atoms with Crippen LogP contribution >= 0.6 is 0 Å². The Morgan fingerprint density at radius 2 is 1.96 bits per heavy atom. The molecule has 0 bridgehead atoms. The van der Waals surface area contributed by atoms with Gasteiger partial charge in [0.2, 0.25) is 0 Å². The van der Waals surface area contributed by atoms with Gasteiger partial charge >= 0.3 is 0 Å². The second-order valence-electron chi connectivity index (χ2n) is 8.74. The van der Waals surface area contributed by atoms with Crippen LogP contribution in [0.4, 0.5) is 0 Å². The van der Waals surface area contributed by atoms with Crippen LogP contribution < -0.4 is 0 Å². The average Bonchev–Trinajstić information content (AvgIpc) is 2.86. The summed E-state index contributed by atoms with van der Waals surface area (Å²) in [6.07, 6.45) is 10.7. The summed E-state index contributed by atoms with van der Waals surface area (Å²) in [5.74, 6) is 1.71.